The smallest absolute Gasteiger partial charge is 0.253 e. The monoisotopic (exact) mass is 442 g/mol. The molecule has 3 aromatic rings. The van der Waals surface area contributed by atoms with E-state index in [1.165, 1.54) is 28.8 Å². The summed E-state index contributed by atoms with van der Waals surface area (Å²) >= 11 is 3.33. The Labute approximate surface area is 185 Å². The normalized spacial score (nSPS) is 14.9. The van der Waals surface area contributed by atoms with Crippen LogP contribution in [0.3, 0.4) is 0 Å². The summed E-state index contributed by atoms with van der Waals surface area (Å²) in [4.78, 5) is 23.8. The zero-order valence-electron chi connectivity index (χ0n) is 17.5. The lowest BCUT2D eigenvalue weighted by Crippen LogP contribution is -2.31. The van der Waals surface area contributed by atoms with E-state index in [9.17, 15) is 4.79 Å². The van der Waals surface area contributed by atoms with Gasteiger partial charge in [0.05, 0.1) is 5.75 Å². The van der Waals surface area contributed by atoms with Crippen molar-refractivity contribution in [2.75, 3.05) is 35.7 Å². The molecule has 1 amide bonds. The van der Waals surface area contributed by atoms with Crippen molar-refractivity contribution in [3.8, 4) is 0 Å². The van der Waals surface area contributed by atoms with Gasteiger partial charge in [-0.25, -0.2) is 9.50 Å². The predicted molar refractivity (Wildman–Crippen MR) is 123 cm³/mol. The fourth-order valence-electron chi connectivity index (χ4n) is 3.39. The number of rotatable bonds is 6. The molecule has 4 rings (SSSR count). The van der Waals surface area contributed by atoms with Gasteiger partial charge in [0, 0.05) is 48.2 Å². The first-order chi connectivity index (χ1) is 14.5. The molecular formula is C21H26N6OS2. The number of anilines is 1. The predicted octanol–water partition coefficient (Wildman–Crippen LogP) is 3.33. The van der Waals surface area contributed by atoms with Crippen LogP contribution in [0.4, 0.5) is 5.69 Å². The molecule has 3 heterocycles. The molecule has 0 unspecified atom stereocenters. The van der Waals surface area contributed by atoms with Gasteiger partial charge in [-0.2, -0.15) is 16.7 Å². The molecule has 1 aliphatic heterocycles. The number of fused-ring (bicyclic) bond motifs is 1. The van der Waals surface area contributed by atoms with E-state index in [-0.39, 0.29) is 11.7 Å². The molecule has 0 spiro atoms. The van der Waals surface area contributed by atoms with E-state index in [0.717, 1.165) is 42.3 Å². The molecule has 1 N–H and O–H groups in total. The molecule has 0 atom stereocenters. The molecule has 7 nitrogen and oxygen atoms in total. The summed E-state index contributed by atoms with van der Waals surface area (Å²) in [6.07, 6.45) is 0. The summed E-state index contributed by atoms with van der Waals surface area (Å²) < 4.78 is 1.74. The summed E-state index contributed by atoms with van der Waals surface area (Å²) in [5.41, 5.74) is 5.12. The van der Waals surface area contributed by atoms with Crippen LogP contribution in [0.25, 0.3) is 5.78 Å². The van der Waals surface area contributed by atoms with Crippen LogP contribution in [0, 0.1) is 20.8 Å². The Hall–Kier alpha value is -2.10. The Morgan fingerprint density at radius 1 is 1.20 bits per heavy atom. The van der Waals surface area contributed by atoms with Gasteiger partial charge < -0.3 is 5.32 Å². The minimum absolute atomic E-state index is 0.0672. The maximum atomic E-state index is 12.5. The third kappa shape index (κ3) is 4.96. The van der Waals surface area contributed by atoms with Crippen molar-refractivity contribution in [1.29, 1.82) is 0 Å². The Bertz CT molecular complexity index is 1060. The van der Waals surface area contributed by atoms with Crippen LogP contribution < -0.4 is 5.32 Å². The van der Waals surface area contributed by atoms with E-state index in [1.807, 2.05) is 44.7 Å². The average molecular weight is 443 g/mol. The van der Waals surface area contributed by atoms with Crippen molar-refractivity contribution in [3.63, 3.8) is 0 Å². The topological polar surface area (TPSA) is 75.4 Å². The van der Waals surface area contributed by atoms with Crippen LogP contribution in [0.2, 0.25) is 0 Å². The fourth-order valence-corrected chi connectivity index (χ4v) is 4.99. The first-order valence-electron chi connectivity index (χ1n) is 10.0. The second-order valence-corrected chi connectivity index (χ2v) is 9.61. The second-order valence-electron chi connectivity index (χ2n) is 7.44. The minimum Gasteiger partial charge on any atom is -0.325 e. The highest BCUT2D eigenvalue weighted by molar-refractivity contribution is 7.99. The van der Waals surface area contributed by atoms with E-state index in [2.05, 4.69) is 37.4 Å². The number of nitrogens with one attached hydrogen (secondary N) is 1. The highest BCUT2D eigenvalue weighted by Gasteiger charge is 2.14. The van der Waals surface area contributed by atoms with E-state index in [4.69, 9.17) is 0 Å². The van der Waals surface area contributed by atoms with Gasteiger partial charge in [0.2, 0.25) is 11.1 Å². The number of amides is 1. The summed E-state index contributed by atoms with van der Waals surface area (Å²) in [5.74, 6) is 3.14. The van der Waals surface area contributed by atoms with Gasteiger partial charge in [-0.1, -0.05) is 23.9 Å². The number of carbonyl (C=O) groups excluding carboxylic acids is 1. The molecule has 2 aromatic heterocycles. The number of thioether (sulfide) groups is 2. The lowest BCUT2D eigenvalue weighted by Gasteiger charge is -2.26. The average Bonchev–Trinajstić information content (AvgIpc) is 3.15. The molecule has 0 saturated carbocycles. The molecule has 0 radical (unpaired) electrons. The standard InChI is InChI=1S/C21H26N6OS2/c1-14-15(2)22-20-24-21(25-27(20)16(14)3)30-13-19(28)23-18-6-4-5-17(11-18)12-26-7-9-29-10-8-26/h4-6,11H,7-10,12-13H2,1-3H3,(H,23,28). The molecule has 158 valence electrons. The first-order valence-corrected chi connectivity index (χ1v) is 12.2. The van der Waals surface area contributed by atoms with E-state index < -0.39 is 0 Å². The van der Waals surface area contributed by atoms with Crippen molar-refractivity contribution in [1.82, 2.24) is 24.5 Å². The highest BCUT2D eigenvalue weighted by atomic mass is 32.2. The number of hydrogen-bond donors (Lipinski definition) is 1. The van der Waals surface area contributed by atoms with E-state index >= 15 is 0 Å². The van der Waals surface area contributed by atoms with Crippen LogP contribution in [0.1, 0.15) is 22.5 Å². The zero-order chi connectivity index (χ0) is 21.1. The van der Waals surface area contributed by atoms with Gasteiger partial charge in [0.15, 0.2) is 0 Å². The molecule has 30 heavy (non-hydrogen) atoms. The second kappa shape index (κ2) is 9.36. The van der Waals surface area contributed by atoms with Crippen molar-refractivity contribution in [3.05, 3.63) is 46.8 Å². The Kier molecular flexibility index (Phi) is 6.60. The largest absolute Gasteiger partial charge is 0.325 e. The van der Waals surface area contributed by atoms with Crippen LogP contribution >= 0.6 is 23.5 Å². The van der Waals surface area contributed by atoms with Crippen molar-refractivity contribution >= 4 is 40.9 Å². The van der Waals surface area contributed by atoms with Crippen LogP contribution in [-0.4, -0.2) is 60.7 Å². The Morgan fingerprint density at radius 3 is 2.80 bits per heavy atom. The number of aromatic nitrogens is 4. The van der Waals surface area contributed by atoms with Gasteiger partial charge in [-0.15, -0.1) is 5.10 Å². The van der Waals surface area contributed by atoms with Crippen LogP contribution in [-0.2, 0) is 11.3 Å². The lowest BCUT2D eigenvalue weighted by atomic mass is 10.2. The quantitative estimate of drug-likeness (QED) is 0.587. The summed E-state index contributed by atoms with van der Waals surface area (Å²) in [7, 11) is 0. The number of nitrogens with zero attached hydrogens (tertiary/aromatic N) is 5. The summed E-state index contributed by atoms with van der Waals surface area (Å²) in [5, 5.41) is 8.04. The molecule has 9 heteroatoms. The maximum Gasteiger partial charge on any atom is 0.253 e. The number of benzene rings is 1. The SMILES string of the molecule is Cc1nc2nc(SCC(=O)Nc3cccc(CN4CCSCC4)c3)nn2c(C)c1C. The van der Waals surface area contributed by atoms with Crippen molar-refractivity contribution in [2.24, 2.45) is 0 Å². The third-order valence-corrected chi connectivity index (χ3v) is 7.07. The molecule has 1 saturated heterocycles. The molecule has 1 fully saturated rings. The van der Waals surface area contributed by atoms with E-state index in [0.29, 0.717) is 10.9 Å². The Morgan fingerprint density at radius 2 is 2.00 bits per heavy atom. The fraction of sp³-hybridized carbons (Fsp3) is 0.429. The van der Waals surface area contributed by atoms with Crippen molar-refractivity contribution in [2.45, 2.75) is 32.5 Å². The number of aryl methyl sites for hydroxylation is 2. The minimum atomic E-state index is -0.0672. The van der Waals surface area contributed by atoms with Crippen molar-refractivity contribution < 1.29 is 4.79 Å². The van der Waals surface area contributed by atoms with Gasteiger partial charge in [0.1, 0.15) is 0 Å². The number of carbonyl (C=O) groups is 1. The van der Waals surface area contributed by atoms with Gasteiger partial charge >= 0.3 is 0 Å². The molecule has 1 aliphatic rings. The van der Waals surface area contributed by atoms with Gasteiger partial charge in [0.25, 0.3) is 5.78 Å². The van der Waals surface area contributed by atoms with Gasteiger partial charge in [-0.3, -0.25) is 9.69 Å². The third-order valence-electron chi connectivity index (χ3n) is 5.29. The van der Waals surface area contributed by atoms with Gasteiger partial charge in [-0.05, 0) is 44.0 Å². The Balaban J connectivity index is 1.35. The first kappa shape index (κ1) is 21.1. The highest BCUT2D eigenvalue weighted by Crippen LogP contribution is 2.19. The molecule has 0 aliphatic carbocycles. The molecular weight excluding hydrogens is 416 g/mol. The molecule has 0 bridgehead atoms. The zero-order valence-corrected chi connectivity index (χ0v) is 19.1. The van der Waals surface area contributed by atoms with E-state index in [1.54, 1.807) is 4.52 Å². The number of hydrogen-bond acceptors (Lipinski definition) is 7. The summed E-state index contributed by atoms with van der Waals surface area (Å²) in [6, 6.07) is 8.11. The lowest BCUT2D eigenvalue weighted by molar-refractivity contribution is -0.113. The van der Waals surface area contributed by atoms with Crippen LogP contribution in [0.5, 0.6) is 0 Å². The molecule has 1 aromatic carbocycles. The maximum absolute atomic E-state index is 12.5. The summed E-state index contributed by atoms with van der Waals surface area (Å²) in [6.45, 7) is 9.17. The van der Waals surface area contributed by atoms with Crippen LogP contribution in [0.15, 0.2) is 29.4 Å².